The lowest BCUT2D eigenvalue weighted by molar-refractivity contribution is -0.127. The van der Waals surface area contributed by atoms with Crippen LogP contribution in [0.3, 0.4) is 0 Å². The van der Waals surface area contributed by atoms with Gasteiger partial charge in [0.15, 0.2) is 0 Å². The van der Waals surface area contributed by atoms with Crippen LogP contribution >= 0.6 is 0 Å². The molecule has 4 heteroatoms. The van der Waals surface area contributed by atoms with Crippen LogP contribution in [0.4, 0.5) is 0 Å². The molecule has 114 valence electrons. The molecule has 0 saturated carbocycles. The molecule has 2 unspecified atom stereocenters. The molecule has 0 heterocycles. The second-order valence-corrected chi connectivity index (χ2v) is 5.93. The molecule has 0 aromatic carbocycles. The van der Waals surface area contributed by atoms with E-state index in [1.165, 1.54) is 19.3 Å². The summed E-state index contributed by atoms with van der Waals surface area (Å²) >= 11 is 0. The summed E-state index contributed by atoms with van der Waals surface area (Å²) < 4.78 is 5.75. The van der Waals surface area contributed by atoms with Crippen LogP contribution < -0.4 is 11.1 Å². The summed E-state index contributed by atoms with van der Waals surface area (Å²) in [6.07, 6.45) is 4.76. The number of hydrogen-bond donors (Lipinski definition) is 2. The molecule has 0 aromatic rings. The number of carbonyl (C=O) groups excluding carboxylic acids is 1. The molecule has 19 heavy (non-hydrogen) atoms. The molecule has 0 spiro atoms. The fourth-order valence-electron chi connectivity index (χ4n) is 2.15. The van der Waals surface area contributed by atoms with E-state index in [0.29, 0.717) is 19.1 Å². The first-order chi connectivity index (χ1) is 8.85. The summed E-state index contributed by atoms with van der Waals surface area (Å²) in [5, 5.41) is 3.19. The van der Waals surface area contributed by atoms with Gasteiger partial charge in [0.25, 0.3) is 0 Å². The van der Waals surface area contributed by atoms with Crippen molar-refractivity contribution in [1.82, 2.24) is 5.32 Å². The molecular weight excluding hydrogens is 240 g/mol. The van der Waals surface area contributed by atoms with Gasteiger partial charge in [0.05, 0.1) is 6.61 Å². The third-order valence-corrected chi connectivity index (χ3v) is 3.44. The van der Waals surface area contributed by atoms with Crippen LogP contribution in [-0.4, -0.2) is 30.7 Å². The second-order valence-electron chi connectivity index (χ2n) is 5.93. The smallest absolute Gasteiger partial charge is 0.239 e. The second kappa shape index (κ2) is 9.32. The van der Waals surface area contributed by atoms with Gasteiger partial charge in [-0.25, -0.2) is 0 Å². The summed E-state index contributed by atoms with van der Waals surface area (Å²) in [5.41, 5.74) is 4.69. The predicted molar refractivity (Wildman–Crippen MR) is 80.0 cm³/mol. The Hall–Kier alpha value is -0.610. The van der Waals surface area contributed by atoms with E-state index in [4.69, 9.17) is 10.5 Å². The molecule has 0 aromatic heterocycles. The highest BCUT2D eigenvalue weighted by molar-refractivity contribution is 5.84. The predicted octanol–water partition coefficient (Wildman–Crippen LogP) is 2.46. The van der Waals surface area contributed by atoms with E-state index in [9.17, 15) is 4.79 Å². The zero-order valence-corrected chi connectivity index (χ0v) is 13.3. The van der Waals surface area contributed by atoms with E-state index in [1.54, 1.807) is 0 Å². The molecular formula is C15H32N2O2. The van der Waals surface area contributed by atoms with Gasteiger partial charge in [0.2, 0.25) is 5.91 Å². The van der Waals surface area contributed by atoms with Crippen molar-refractivity contribution in [2.75, 3.05) is 13.2 Å². The van der Waals surface area contributed by atoms with E-state index in [0.717, 1.165) is 6.42 Å². The third-order valence-electron chi connectivity index (χ3n) is 3.44. The number of carbonyl (C=O) groups is 1. The summed E-state index contributed by atoms with van der Waals surface area (Å²) in [6, 6.07) is 0.197. The van der Waals surface area contributed by atoms with Crippen molar-refractivity contribution >= 4 is 5.91 Å². The molecule has 0 aliphatic carbocycles. The first-order valence-electron chi connectivity index (χ1n) is 7.51. The van der Waals surface area contributed by atoms with Crippen molar-refractivity contribution in [3.63, 3.8) is 0 Å². The minimum atomic E-state index is -0.781. The van der Waals surface area contributed by atoms with Gasteiger partial charge in [-0.2, -0.15) is 0 Å². The highest BCUT2D eigenvalue weighted by atomic mass is 16.5. The van der Waals surface area contributed by atoms with E-state index in [1.807, 2.05) is 20.8 Å². The minimum Gasteiger partial charge on any atom is -0.379 e. The van der Waals surface area contributed by atoms with Gasteiger partial charge in [-0.15, -0.1) is 0 Å². The molecule has 1 amide bonds. The Morgan fingerprint density at radius 1 is 1.37 bits per heavy atom. The number of hydrogen-bond acceptors (Lipinski definition) is 3. The highest BCUT2D eigenvalue weighted by Crippen LogP contribution is 2.14. The summed E-state index contributed by atoms with van der Waals surface area (Å²) in [6.45, 7) is 11.2. The standard InChI is InChI=1S/C15H32N2O2/c1-6-8-9-13(7-2)10-19-11-15(5,14(16)18)17-12(3)4/h12-13,17H,6-11H2,1-5H3,(H2,16,18). The van der Waals surface area contributed by atoms with E-state index in [2.05, 4.69) is 19.2 Å². The fourth-order valence-corrected chi connectivity index (χ4v) is 2.15. The van der Waals surface area contributed by atoms with E-state index < -0.39 is 5.54 Å². The van der Waals surface area contributed by atoms with Crippen molar-refractivity contribution in [1.29, 1.82) is 0 Å². The molecule has 0 aliphatic heterocycles. The maximum atomic E-state index is 11.6. The van der Waals surface area contributed by atoms with Crippen molar-refractivity contribution in [2.24, 2.45) is 11.7 Å². The fraction of sp³-hybridized carbons (Fsp3) is 0.933. The molecule has 0 rings (SSSR count). The average Bonchev–Trinajstić information content (AvgIpc) is 2.32. The lowest BCUT2D eigenvalue weighted by atomic mass is 9.99. The molecule has 3 N–H and O–H groups in total. The Morgan fingerprint density at radius 3 is 2.42 bits per heavy atom. The first kappa shape index (κ1) is 18.4. The zero-order valence-electron chi connectivity index (χ0n) is 13.3. The maximum Gasteiger partial charge on any atom is 0.239 e. The van der Waals surface area contributed by atoms with Crippen LogP contribution in [0, 0.1) is 5.92 Å². The normalized spacial score (nSPS) is 16.3. The van der Waals surface area contributed by atoms with E-state index in [-0.39, 0.29) is 11.9 Å². The summed E-state index contributed by atoms with van der Waals surface area (Å²) in [4.78, 5) is 11.6. The largest absolute Gasteiger partial charge is 0.379 e. The number of primary amides is 1. The number of rotatable bonds is 11. The number of amides is 1. The van der Waals surface area contributed by atoms with Crippen molar-refractivity contribution < 1.29 is 9.53 Å². The van der Waals surface area contributed by atoms with Crippen LogP contribution in [-0.2, 0) is 9.53 Å². The molecule has 0 bridgehead atoms. The maximum absolute atomic E-state index is 11.6. The number of nitrogens with one attached hydrogen (secondary N) is 1. The minimum absolute atomic E-state index is 0.197. The Morgan fingerprint density at radius 2 is 2.00 bits per heavy atom. The van der Waals surface area contributed by atoms with Gasteiger partial charge in [-0.3, -0.25) is 10.1 Å². The molecule has 2 atom stereocenters. The van der Waals surface area contributed by atoms with Gasteiger partial charge in [-0.05, 0) is 33.1 Å². The summed E-state index contributed by atoms with van der Waals surface area (Å²) in [5.74, 6) is 0.221. The SMILES string of the molecule is CCCCC(CC)COCC(C)(NC(C)C)C(N)=O. The Labute approximate surface area is 118 Å². The van der Waals surface area contributed by atoms with Gasteiger partial charge in [0, 0.05) is 12.6 Å². The van der Waals surface area contributed by atoms with Crippen LogP contribution in [0.25, 0.3) is 0 Å². The van der Waals surface area contributed by atoms with Crippen LogP contribution in [0.5, 0.6) is 0 Å². The third kappa shape index (κ3) is 7.53. The summed E-state index contributed by atoms with van der Waals surface area (Å²) in [7, 11) is 0. The number of ether oxygens (including phenoxy) is 1. The molecule has 0 fully saturated rings. The van der Waals surface area contributed by atoms with E-state index >= 15 is 0 Å². The lowest BCUT2D eigenvalue weighted by Crippen LogP contribution is -2.58. The van der Waals surface area contributed by atoms with Crippen LogP contribution in [0.1, 0.15) is 60.3 Å². The van der Waals surface area contributed by atoms with Crippen molar-refractivity contribution in [3.8, 4) is 0 Å². The quantitative estimate of drug-likeness (QED) is 0.607. The Kier molecular flexibility index (Phi) is 9.02. The van der Waals surface area contributed by atoms with Gasteiger partial charge < -0.3 is 10.5 Å². The lowest BCUT2D eigenvalue weighted by Gasteiger charge is -2.30. The van der Waals surface area contributed by atoms with Crippen LogP contribution in [0.15, 0.2) is 0 Å². The van der Waals surface area contributed by atoms with Crippen LogP contribution in [0.2, 0.25) is 0 Å². The monoisotopic (exact) mass is 272 g/mol. The first-order valence-corrected chi connectivity index (χ1v) is 7.51. The Balaban J connectivity index is 4.21. The molecule has 0 saturated heterocycles. The average molecular weight is 272 g/mol. The number of nitrogens with two attached hydrogens (primary N) is 1. The van der Waals surface area contributed by atoms with Gasteiger partial charge >= 0.3 is 0 Å². The molecule has 0 radical (unpaired) electrons. The number of unbranched alkanes of at least 4 members (excludes halogenated alkanes) is 1. The Bertz CT molecular complexity index is 257. The van der Waals surface area contributed by atoms with Gasteiger partial charge in [0.1, 0.15) is 5.54 Å². The zero-order chi connectivity index (χ0) is 14.9. The van der Waals surface area contributed by atoms with Gasteiger partial charge in [-0.1, -0.05) is 33.1 Å². The molecule has 0 aliphatic rings. The topological polar surface area (TPSA) is 64.3 Å². The molecule has 4 nitrogen and oxygen atoms in total. The van der Waals surface area contributed by atoms with Crippen molar-refractivity contribution in [2.45, 2.75) is 71.9 Å². The van der Waals surface area contributed by atoms with Crippen molar-refractivity contribution in [3.05, 3.63) is 0 Å². The highest BCUT2D eigenvalue weighted by Gasteiger charge is 2.32.